The van der Waals surface area contributed by atoms with Crippen molar-refractivity contribution in [2.24, 2.45) is 0 Å². The predicted octanol–water partition coefficient (Wildman–Crippen LogP) is 1.49. The first-order valence-electron chi connectivity index (χ1n) is 6.57. The van der Waals surface area contributed by atoms with Gasteiger partial charge in [0.15, 0.2) is 0 Å². The maximum absolute atomic E-state index is 11.8. The average molecular weight is 327 g/mol. The molecule has 1 aromatic rings. The molecule has 2 N–H and O–H groups in total. The molecule has 0 aliphatic carbocycles. The van der Waals surface area contributed by atoms with Gasteiger partial charge in [0, 0.05) is 30.0 Å². The molecule has 1 amide bonds. The summed E-state index contributed by atoms with van der Waals surface area (Å²) in [5.74, 6) is 0.0788. The zero-order valence-electron chi connectivity index (χ0n) is 10.8. The van der Waals surface area contributed by atoms with Crippen LogP contribution in [0.1, 0.15) is 12.0 Å². The molecular weight excluding hydrogens is 308 g/mol. The highest BCUT2D eigenvalue weighted by Crippen LogP contribution is 2.15. The zero-order valence-corrected chi connectivity index (χ0v) is 12.4. The molecule has 1 saturated heterocycles. The average Bonchev–Trinajstić information content (AvgIpc) is 2.42. The van der Waals surface area contributed by atoms with Gasteiger partial charge in [-0.3, -0.25) is 4.79 Å². The lowest BCUT2D eigenvalue weighted by molar-refractivity contribution is -0.122. The van der Waals surface area contributed by atoms with Crippen molar-refractivity contribution in [3.8, 4) is 0 Å². The number of amides is 1. The van der Waals surface area contributed by atoms with E-state index in [4.69, 9.17) is 4.74 Å². The number of carbonyl (C=O) groups is 1. The van der Waals surface area contributed by atoms with E-state index < -0.39 is 0 Å². The van der Waals surface area contributed by atoms with Gasteiger partial charge in [0.2, 0.25) is 5.91 Å². The first-order valence-corrected chi connectivity index (χ1v) is 7.36. The monoisotopic (exact) mass is 326 g/mol. The third-order valence-corrected chi connectivity index (χ3v) is 3.88. The summed E-state index contributed by atoms with van der Waals surface area (Å²) in [6, 6.07) is 8.22. The van der Waals surface area contributed by atoms with Crippen molar-refractivity contribution >= 4 is 21.8 Å². The summed E-state index contributed by atoms with van der Waals surface area (Å²) < 4.78 is 6.41. The highest BCUT2D eigenvalue weighted by atomic mass is 79.9. The fourth-order valence-corrected chi connectivity index (χ4v) is 2.57. The highest BCUT2D eigenvalue weighted by molar-refractivity contribution is 9.10. The third-order valence-electron chi connectivity index (χ3n) is 3.10. The van der Waals surface area contributed by atoms with Crippen LogP contribution in [0.15, 0.2) is 28.7 Å². The molecule has 19 heavy (non-hydrogen) atoms. The summed E-state index contributed by atoms with van der Waals surface area (Å²) in [6.45, 7) is 2.85. The Morgan fingerprint density at radius 2 is 2.32 bits per heavy atom. The second-order valence-corrected chi connectivity index (χ2v) is 5.48. The Kier molecular flexibility index (Phi) is 5.82. The molecule has 0 saturated carbocycles. The predicted molar refractivity (Wildman–Crippen MR) is 78.1 cm³/mol. The molecule has 2 rings (SSSR count). The van der Waals surface area contributed by atoms with E-state index in [-0.39, 0.29) is 11.9 Å². The van der Waals surface area contributed by atoms with Crippen LogP contribution >= 0.6 is 15.9 Å². The molecular formula is C14H19BrN2O2. The molecule has 1 atom stereocenters. The van der Waals surface area contributed by atoms with Crippen LogP contribution in [-0.4, -0.2) is 38.3 Å². The number of ether oxygens (including phenoxy) is 1. The number of benzene rings is 1. The zero-order chi connectivity index (χ0) is 13.5. The van der Waals surface area contributed by atoms with Crippen molar-refractivity contribution in [3.05, 3.63) is 34.3 Å². The molecule has 0 bridgehead atoms. The number of morpholine rings is 1. The molecule has 104 valence electrons. The minimum absolute atomic E-state index is 0.0788. The topological polar surface area (TPSA) is 50.4 Å². The SMILES string of the molecule is O=C(CC1COCCN1)NCCc1ccccc1Br. The summed E-state index contributed by atoms with van der Waals surface area (Å²) in [7, 11) is 0. The largest absolute Gasteiger partial charge is 0.378 e. The summed E-state index contributed by atoms with van der Waals surface area (Å²) in [5.41, 5.74) is 1.21. The Labute approximate surface area is 122 Å². The maximum atomic E-state index is 11.8. The highest BCUT2D eigenvalue weighted by Gasteiger charge is 2.16. The maximum Gasteiger partial charge on any atom is 0.221 e. The van der Waals surface area contributed by atoms with Crippen LogP contribution in [-0.2, 0) is 16.0 Å². The van der Waals surface area contributed by atoms with E-state index in [1.807, 2.05) is 18.2 Å². The van der Waals surface area contributed by atoms with E-state index >= 15 is 0 Å². The number of nitrogens with one attached hydrogen (secondary N) is 2. The van der Waals surface area contributed by atoms with E-state index in [0.717, 1.165) is 24.0 Å². The van der Waals surface area contributed by atoms with Crippen LogP contribution in [0.25, 0.3) is 0 Å². The fourth-order valence-electron chi connectivity index (χ4n) is 2.08. The molecule has 5 heteroatoms. The van der Waals surface area contributed by atoms with Gasteiger partial charge in [-0.1, -0.05) is 34.1 Å². The van der Waals surface area contributed by atoms with Crippen LogP contribution in [0.5, 0.6) is 0 Å². The van der Waals surface area contributed by atoms with Crippen molar-refractivity contribution in [2.75, 3.05) is 26.3 Å². The molecule has 0 spiro atoms. The Hall–Kier alpha value is -0.910. The van der Waals surface area contributed by atoms with Crippen LogP contribution in [0.2, 0.25) is 0 Å². The lowest BCUT2D eigenvalue weighted by atomic mass is 10.1. The van der Waals surface area contributed by atoms with Gasteiger partial charge in [-0.2, -0.15) is 0 Å². The van der Waals surface area contributed by atoms with Crippen molar-refractivity contribution < 1.29 is 9.53 Å². The van der Waals surface area contributed by atoms with E-state index in [1.165, 1.54) is 5.56 Å². The van der Waals surface area contributed by atoms with Crippen LogP contribution in [0.4, 0.5) is 0 Å². The van der Waals surface area contributed by atoms with E-state index in [2.05, 4.69) is 32.6 Å². The van der Waals surface area contributed by atoms with Crippen molar-refractivity contribution in [2.45, 2.75) is 18.9 Å². The van der Waals surface area contributed by atoms with Gasteiger partial charge in [0.05, 0.1) is 13.2 Å². The van der Waals surface area contributed by atoms with Gasteiger partial charge < -0.3 is 15.4 Å². The van der Waals surface area contributed by atoms with Gasteiger partial charge in [-0.15, -0.1) is 0 Å². The fraction of sp³-hybridized carbons (Fsp3) is 0.500. The quantitative estimate of drug-likeness (QED) is 0.861. The lowest BCUT2D eigenvalue weighted by Gasteiger charge is -2.23. The summed E-state index contributed by atoms with van der Waals surface area (Å²) >= 11 is 3.50. The van der Waals surface area contributed by atoms with Crippen LogP contribution < -0.4 is 10.6 Å². The molecule has 1 unspecified atom stereocenters. The lowest BCUT2D eigenvalue weighted by Crippen LogP contribution is -2.44. The number of rotatable bonds is 5. The standard InChI is InChI=1S/C14H19BrN2O2/c15-13-4-2-1-3-11(13)5-6-17-14(18)9-12-10-19-8-7-16-12/h1-4,12,16H,5-10H2,(H,17,18). The minimum Gasteiger partial charge on any atom is -0.378 e. The van der Waals surface area contributed by atoms with E-state index in [0.29, 0.717) is 19.6 Å². The first-order chi connectivity index (χ1) is 9.25. The minimum atomic E-state index is 0.0788. The molecule has 0 radical (unpaired) electrons. The summed E-state index contributed by atoms with van der Waals surface area (Å²) in [5, 5.41) is 6.22. The molecule has 1 aliphatic rings. The Balaban J connectivity index is 1.67. The van der Waals surface area contributed by atoms with E-state index in [9.17, 15) is 4.79 Å². The smallest absolute Gasteiger partial charge is 0.221 e. The van der Waals surface area contributed by atoms with Crippen LogP contribution in [0.3, 0.4) is 0 Å². The van der Waals surface area contributed by atoms with Gasteiger partial charge in [-0.05, 0) is 18.1 Å². The summed E-state index contributed by atoms with van der Waals surface area (Å²) in [4.78, 5) is 11.8. The number of carbonyl (C=O) groups excluding carboxylic acids is 1. The van der Waals surface area contributed by atoms with E-state index in [1.54, 1.807) is 0 Å². The van der Waals surface area contributed by atoms with Gasteiger partial charge in [0.25, 0.3) is 0 Å². The number of hydrogen-bond acceptors (Lipinski definition) is 3. The second kappa shape index (κ2) is 7.62. The third kappa shape index (κ3) is 4.93. The van der Waals surface area contributed by atoms with Crippen molar-refractivity contribution in [3.63, 3.8) is 0 Å². The van der Waals surface area contributed by atoms with Gasteiger partial charge in [0.1, 0.15) is 0 Å². The summed E-state index contributed by atoms with van der Waals surface area (Å²) in [6.07, 6.45) is 1.32. The Bertz CT molecular complexity index is 420. The number of halogens is 1. The van der Waals surface area contributed by atoms with Crippen molar-refractivity contribution in [1.29, 1.82) is 0 Å². The Morgan fingerprint density at radius 3 is 3.05 bits per heavy atom. The number of hydrogen-bond donors (Lipinski definition) is 2. The molecule has 4 nitrogen and oxygen atoms in total. The molecule has 0 aromatic heterocycles. The van der Waals surface area contributed by atoms with Crippen molar-refractivity contribution in [1.82, 2.24) is 10.6 Å². The normalized spacial score (nSPS) is 19.1. The molecule has 1 aliphatic heterocycles. The first kappa shape index (κ1) is 14.5. The van der Waals surface area contributed by atoms with Gasteiger partial charge >= 0.3 is 0 Å². The van der Waals surface area contributed by atoms with Crippen LogP contribution in [0, 0.1) is 0 Å². The Morgan fingerprint density at radius 1 is 1.47 bits per heavy atom. The van der Waals surface area contributed by atoms with Gasteiger partial charge in [-0.25, -0.2) is 0 Å². The molecule has 1 heterocycles. The molecule has 1 fully saturated rings. The molecule has 1 aromatic carbocycles. The second-order valence-electron chi connectivity index (χ2n) is 4.62.